The van der Waals surface area contributed by atoms with Gasteiger partial charge in [-0.15, -0.1) is 0 Å². The molecule has 0 spiro atoms. The monoisotopic (exact) mass is 298 g/mol. The number of rotatable bonds is 11. The SMILES string of the molecule is CCCO[SiH](Cc1ccccc1)OCCC(OC)OC. The average Bonchev–Trinajstić information content (AvgIpc) is 2.50. The van der Waals surface area contributed by atoms with Crippen LogP contribution >= 0.6 is 0 Å². The van der Waals surface area contributed by atoms with Crippen LogP contribution in [0.2, 0.25) is 0 Å². The smallest absolute Gasteiger partial charge is 0.325 e. The highest BCUT2D eigenvalue weighted by molar-refractivity contribution is 6.43. The van der Waals surface area contributed by atoms with Crippen LogP contribution in [0.15, 0.2) is 30.3 Å². The molecule has 5 heteroatoms. The van der Waals surface area contributed by atoms with Crippen LogP contribution in [-0.4, -0.2) is 43.0 Å². The minimum absolute atomic E-state index is 0.201. The van der Waals surface area contributed by atoms with Crippen molar-refractivity contribution >= 4 is 9.28 Å². The molecule has 0 amide bonds. The number of benzene rings is 1. The molecule has 0 saturated carbocycles. The van der Waals surface area contributed by atoms with Crippen LogP contribution in [0.4, 0.5) is 0 Å². The molecule has 4 nitrogen and oxygen atoms in total. The quantitative estimate of drug-likeness (QED) is 0.464. The predicted molar refractivity (Wildman–Crippen MR) is 81.9 cm³/mol. The van der Waals surface area contributed by atoms with Crippen molar-refractivity contribution in [1.82, 2.24) is 0 Å². The van der Waals surface area contributed by atoms with Gasteiger partial charge < -0.3 is 18.3 Å². The molecule has 1 aromatic rings. The summed E-state index contributed by atoms with van der Waals surface area (Å²) >= 11 is 0. The lowest BCUT2D eigenvalue weighted by Crippen LogP contribution is -2.29. The fraction of sp³-hybridized carbons (Fsp3) is 0.600. The fourth-order valence-corrected chi connectivity index (χ4v) is 3.74. The maximum atomic E-state index is 5.94. The highest BCUT2D eigenvalue weighted by Crippen LogP contribution is 2.07. The van der Waals surface area contributed by atoms with Gasteiger partial charge in [-0.05, 0) is 12.0 Å². The zero-order chi connectivity index (χ0) is 14.6. The molecule has 0 fully saturated rings. The van der Waals surface area contributed by atoms with E-state index in [1.165, 1.54) is 5.56 Å². The topological polar surface area (TPSA) is 36.9 Å². The maximum Gasteiger partial charge on any atom is 0.325 e. The highest BCUT2D eigenvalue weighted by atomic mass is 28.3. The first-order valence-corrected chi connectivity index (χ1v) is 8.88. The van der Waals surface area contributed by atoms with Crippen molar-refractivity contribution in [2.24, 2.45) is 0 Å². The third-order valence-electron chi connectivity index (χ3n) is 2.94. The van der Waals surface area contributed by atoms with Crippen LogP contribution in [-0.2, 0) is 24.4 Å². The molecule has 1 aromatic carbocycles. The van der Waals surface area contributed by atoms with Gasteiger partial charge in [0.25, 0.3) is 0 Å². The molecular weight excluding hydrogens is 272 g/mol. The minimum Gasteiger partial charge on any atom is -0.396 e. The predicted octanol–water partition coefficient (Wildman–Crippen LogP) is 2.44. The van der Waals surface area contributed by atoms with E-state index >= 15 is 0 Å². The lowest BCUT2D eigenvalue weighted by molar-refractivity contribution is -0.111. The van der Waals surface area contributed by atoms with E-state index in [1.807, 2.05) is 18.2 Å². The van der Waals surface area contributed by atoms with Crippen LogP contribution in [0.1, 0.15) is 25.3 Å². The number of ether oxygens (including phenoxy) is 2. The summed E-state index contributed by atoms with van der Waals surface area (Å²) in [5.41, 5.74) is 1.27. The third-order valence-corrected chi connectivity index (χ3v) is 4.96. The molecule has 0 aliphatic carbocycles. The summed E-state index contributed by atoms with van der Waals surface area (Å²) in [6.45, 7) is 3.49. The molecule has 0 aliphatic heterocycles. The summed E-state index contributed by atoms with van der Waals surface area (Å²) in [6, 6.07) is 11.2. The summed E-state index contributed by atoms with van der Waals surface area (Å²) < 4.78 is 22.1. The van der Waals surface area contributed by atoms with Gasteiger partial charge in [-0.3, -0.25) is 0 Å². The summed E-state index contributed by atoms with van der Waals surface area (Å²) in [6.07, 6.45) is 1.54. The minimum atomic E-state index is -1.67. The molecule has 0 bridgehead atoms. The fourth-order valence-electron chi connectivity index (χ4n) is 1.85. The van der Waals surface area contributed by atoms with Gasteiger partial charge in [-0.1, -0.05) is 37.3 Å². The lowest BCUT2D eigenvalue weighted by Gasteiger charge is -2.18. The average molecular weight is 298 g/mol. The van der Waals surface area contributed by atoms with Gasteiger partial charge in [0.05, 0.1) is 0 Å². The second-order valence-corrected chi connectivity index (χ2v) is 6.48. The molecule has 0 aliphatic rings. The van der Waals surface area contributed by atoms with Crippen molar-refractivity contribution in [2.45, 2.75) is 32.1 Å². The van der Waals surface area contributed by atoms with E-state index in [9.17, 15) is 0 Å². The summed E-state index contributed by atoms with van der Waals surface area (Å²) in [5.74, 6) is 0. The van der Waals surface area contributed by atoms with Crippen LogP contribution in [0.3, 0.4) is 0 Å². The van der Waals surface area contributed by atoms with Gasteiger partial charge in [0.15, 0.2) is 6.29 Å². The first-order chi connectivity index (χ1) is 9.80. The number of methoxy groups -OCH3 is 2. The van der Waals surface area contributed by atoms with E-state index in [1.54, 1.807) is 14.2 Å². The Hall–Kier alpha value is -0.723. The van der Waals surface area contributed by atoms with Gasteiger partial charge in [0.1, 0.15) is 0 Å². The zero-order valence-corrected chi connectivity index (χ0v) is 13.9. The molecule has 0 radical (unpaired) electrons. The summed E-state index contributed by atoms with van der Waals surface area (Å²) in [4.78, 5) is 0. The molecular formula is C15H26O4Si. The lowest BCUT2D eigenvalue weighted by atomic mass is 10.2. The van der Waals surface area contributed by atoms with E-state index in [0.29, 0.717) is 6.61 Å². The molecule has 0 aromatic heterocycles. The van der Waals surface area contributed by atoms with E-state index in [0.717, 1.165) is 25.5 Å². The molecule has 0 saturated heterocycles. The van der Waals surface area contributed by atoms with E-state index in [-0.39, 0.29) is 6.29 Å². The highest BCUT2D eigenvalue weighted by Gasteiger charge is 2.15. The second-order valence-electron chi connectivity index (χ2n) is 4.55. The van der Waals surface area contributed by atoms with Crippen LogP contribution in [0, 0.1) is 0 Å². The molecule has 114 valence electrons. The number of hydrogen-bond donors (Lipinski definition) is 0. The molecule has 1 atom stereocenters. The molecule has 0 N–H and O–H groups in total. The largest absolute Gasteiger partial charge is 0.396 e. The number of hydrogen-bond acceptors (Lipinski definition) is 4. The zero-order valence-electron chi connectivity index (χ0n) is 12.7. The van der Waals surface area contributed by atoms with Gasteiger partial charge >= 0.3 is 9.28 Å². The normalized spacial score (nSPS) is 12.8. The molecule has 0 heterocycles. The summed E-state index contributed by atoms with van der Waals surface area (Å²) in [7, 11) is 1.61. The summed E-state index contributed by atoms with van der Waals surface area (Å²) in [5, 5.41) is 0. The Morgan fingerprint density at radius 2 is 1.65 bits per heavy atom. The van der Waals surface area contributed by atoms with Crippen molar-refractivity contribution in [1.29, 1.82) is 0 Å². The molecule has 20 heavy (non-hydrogen) atoms. The Balaban J connectivity index is 2.39. The second kappa shape index (κ2) is 11.0. The van der Waals surface area contributed by atoms with E-state index in [2.05, 4.69) is 19.1 Å². The van der Waals surface area contributed by atoms with Gasteiger partial charge in [-0.25, -0.2) is 0 Å². The van der Waals surface area contributed by atoms with Crippen LogP contribution < -0.4 is 0 Å². The van der Waals surface area contributed by atoms with Crippen molar-refractivity contribution in [3.63, 3.8) is 0 Å². The van der Waals surface area contributed by atoms with Crippen LogP contribution in [0.25, 0.3) is 0 Å². The Morgan fingerprint density at radius 1 is 1.00 bits per heavy atom. The van der Waals surface area contributed by atoms with Gasteiger partial charge in [-0.2, -0.15) is 0 Å². The van der Waals surface area contributed by atoms with Gasteiger partial charge in [0, 0.05) is 39.9 Å². The van der Waals surface area contributed by atoms with E-state index < -0.39 is 9.28 Å². The first kappa shape index (κ1) is 17.3. The van der Waals surface area contributed by atoms with Crippen molar-refractivity contribution in [3.05, 3.63) is 35.9 Å². The molecule has 1 unspecified atom stereocenters. The first-order valence-electron chi connectivity index (χ1n) is 7.12. The van der Waals surface area contributed by atoms with Crippen LogP contribution in [0.5, 0.6) is 0 Å². The Labute approximate surface area is 123 Å². The van der Waals surface area contributed by atoms with Crippen molar-refractivity contribution in [3.8, 4) is 0 Å². The Morgan fingerprint density at radius 3 is 2.25 bits per heavy atom. The standard InChI is InChI=1S/C15H26O4Si/c1-4-11-18-20(13-14-8-6-5-7-9-14)19-12-10-15(16-2)17-3/h5-9,15,20H,4,10-13H2,1-3H3. The van der Waals surface area contributed by atoms with Gasteiger partial charge in [0.2, 0.25) is 0 Å². The van der Waals surface area contributed by atoms with Crippen molar-refractivity contribution < 1.29 is 18.3 Å². The van der Waals surface area contributed by atoms with Crippen molar-refractivity contribution in [2.75, 3.05) is 27.4 Å². The Bertz CT molecular complexity index is 330. The Kier molecular flexibility index (Phi) is 9.52. The molecule has 1 rings (SSSR count). The van der Waals surface area contributed by atoms with E-state index in [4.69, 9.17) is 18.3 Å². The third kappa shape index (κ3) is 7.16. The maximum absolute atomic E-state index is 5.94.